The number of nitrogens with zero attached hydrogens (tertiary/aromatic N) is 2. The molecule has 0 unspecified atom stereocenters. The van der Waals surface area contributed by atoms with Gasteiger partial charge in [0.05, 0.1) is 7.11 Å². The molecule has 0 saturated heterocycles. The van der Waals surface area contributed by atoms with E-state index in [0.29, 0.717) is 17.5 Å². The number of methoxy groups -OCH3 is 1. The van der Waals surface area contributed by atoms with E-state index >= 15 is 0 Å². The zero-order chi connectivity index (χ0) is 17.7. The molecule has 2 fully saturated rings. The predicted octanol–water partition coefficient (Wildman–Crippen LogP) is 4.38. The molecule has 0 bridgehead atoms. The summed E-state index contributed by atoms with van der Waals surface area (Å²) in [6.45, 7) is 2.17. The highest BCUT2D eigenvalue weighted by atomic mass is 16.5. The first-order valence-corrected chi connectivity index (χ1v) is 9.85. The van der Waals surface area contributed by atoms with Crippen molar-refractivity contribution in [2.75, 3.05) is 7.11 Å². The summed E-state index contributed by atoms with van der Waals surface area (Å²) in [6.07, 6.45) is 12.9. The zero-order valence-corrected chi connectivity index (χ0v) is 15.6. The molecule has 1 N–H and O–H groups in total. The van der Waals surface area contributed by atoms with Crippen LogP contribution >= 0.6 is 0 Å². The molecule has 1 amide bonds. The van der Waals surface area contributed by atoms with Crippen molar-refractivity contribution in [1.82, 2.24) is 15.3 Å². The maximum atomic E-state index is 12.9. The average Bonchev–Trinajstić information content (AvgIpc) is 3.13. The van der Waals surface area contributed by atoms with Crippen LogP contribution in [-0.4, -0.2) is 28.5 Å². The molecule has 2 aliphatic rings. The van der Waals surface area contributed by atoms with E-state index in [9.17, 15) is 4.79 Å². The van der Waals surface area contributed by atoms with Crippen molar-refractivity contribution in [2.24, 2.45) is 0 Å². The van der Waals surface area contributed by atoms with E-state index < -0.39 is 0 Å². The predicted molar refractivity (Wildman–Crippen MR) is 98.0 cm³/mol. The summed E-state index contributed by atoms with van der Waals surface area (Å²) in [5.74, 6) is 1.52. The maximum absolute atomic E-state index is 12.9. The second-order valence-electron chi connectivity index (χ2n) is 7.92. The van der Waals surface area contributed by atoms with Crippen LogP contribution < -0.4 is 10.1 Å². The normalized spacial score (nSPS) is 21.4. The standard InChI is InChI=1S/C20H31N3O2/c1-20(12-8-4-3-5-9-13-20)23-19(24)16-14-17(25-2)22-18(21-16)15-10-6-7-11-15/h14-15H,3-13H2,1-2H3,(H,23,24). The number of hydrogen-bond donors (Lipinski definition) is 1. The molecular weight excluding hydrogens is 314 g/mol. The molecule has 0 aliphatic heterocycles. The number of ether oxygens (including phenoxy) is 1. The fraction of sp³-hybridized carbons (Fsp3) is 0.750. The molecule has 1 aromatic rings. The van der Waals surface area contributed by atoms with Gasteiger partial charge in [-0.3, -0.25) is 4.79 Å². The molecule has 0 spiro atoms. The van der Waals surface area contributed by atoms with E-state index in [1.807, 2.05) is 0 Å². The molecule has 0 aromatic carbocycles. The third-order valence-electron chi connectivity index (χ3n) is 5.75. The third kappa shape index (κ3) is 4.71. The Balaban J connectivity index is 1.77. The van der Waals surface area contributed by atoms with Gasteiger partial charge in [-0.1, -0.05) is 44.9 Å². The van der Waals surface area contributed by atoms with E-state index in [2.05, 4.69) is 22.2 Å². The number of hydrogen-bond acceptors (Lipinski definition) is 4. The van der Waals surface area contributed by atoms with Crippen molar-refractivity contribution in [1.29, 1.82) is 0 Å². The van der Waals surface area contributed by atoms with Gasteiger partial charge in [-0.15, -0.1) is 0 Å². The Morgan fingerprint density at radius 3 is 2.36 bits per heavy atom. The zero-order valence-electron chi connectivity index (χ0n) is 15.6. The molecule has 3 rings (SSSR count). The fourth-order valence-corrected chi connectivity index (χ4v) is 4.18. The summed E-state index contributed by atoms with van der Waals surface area (Å²) in [7, 11) is 1.60. The molecule has 0 radical (unpaired) electrons. The Kier molecular flexibility index (Phi) is 5.92. The third-order valence-corrected chi connectivity index (χ3v) is 5.75. The molecule has 1 aromatic heterocycles. The molecule has 5 heteroatoms. The lowest BCUT2D eigenvalue weighted by Gasteiger charge is -2.32. The van der Waals surface area contributed by atoms with Crippen LogP contribution in [0, 0.1) is 0 Å². The van der Waals surface area contributed by atoms with Crippen LogP contribution in [0.4, 0.5) is 0 Å². The summed E-state index contributed by atoms with van der Waals surface area (Å²) in [6, 6.07) is 1.67. The number of aromatic nitrogens is 2. The van der Waals surface area contributed by atoms with Gasteiger partial charge in [-0.25, -0.2) is 4.98 Å². The number of rotatable bonds is 4. The lowest BCUT2D eigenvalue weighted by molar-refractivity contribution is 0.0883. The van der Waals surface area contributed by atoms with E-state index in [1.165, 1.54) is 44.9 Å². The van der Waals surface area contributed by atoms with Crippen LogP contribution in [-0.2, 0) is 0 Å². The average molecular weight is 345 g/mol. The van der Waals surface area contributed by atoms with Gasteiger partial charge < -0.3 is 10.1 Å². The van der Waals surface area contributed by atoms with E-state index in [0.717, 1.165) is 31.5 Å². The number of carbonyl (C=O) groups is 1. The second kappa shape index (κ2) is 8.15. The molecule has 0 atom stereocenters. The van der Waals surface area contributed by atoms with Gasteiger partial charge in [-0.05, 0) is 32.6 Å². The Morgan fingerprint density at radius 1 is 1.08 bits per heavy atom. The Hall–Kier alpha value is -1.65. The molecule has 138 valence electrons. The minimum Gasteiger partial charge on any atom is -0.481 e. The SMILES string of the molecule is COc1cc(C(=O)NC2(C)CCCCCCC2)nc(C2CCCC2)n1. The number of amides is 1. The first-order chi connectivity index (χ1) is 12.1. The van der Waals surface area contributed by atoms with E-state index in [-0.39, 0.29) is 11.4 Å². The summed E-state index contributed by atoms with van der Waals surface area (Å²) >= 11 is 0. The van der Waals surface area contributed by atoms with Gasteiger partial charge in [-0.2, -0.15) is 4.98 Å². The van der Waals surface area contributed by atoms with Crippen molar-refractivity contribution in [3.05, 3.63) is 17.6 Å². The number of nitrogens with one attached hydrogen (secondary N) is 1. The van der Waals surface area contributed by atoms with Crippen molar-refractivity contribution in [3.8, 4) is 5.88 Å². The summed E-state index contributed by atoms with van der Waals surface area (Å²) in [5, 5.41) is 3.26. The monoisotopic (exact) mass is 345 g/mol. The Morgan fingerprint density at radius 2 is 1.72 bits per heavy atom. The Bertz CT molecular complexity index is 589. The largest absolute Gasteiger partial charge is 0.481 e. The highest BCUT2D eigenvalue weighted by Gasteiger charge is 2.29. The molecular formula is C20H31N3O2. The lowest BCUT2D eigenvalue weighted by Crippen LogP contribution is -2.46. The van der Waals surface area contributed by atoms with Crippen LogP contribution in [0.15, 0.2) is 6.07 Å². The highest BCUT2D eigenvalue weighted by molar-refractivity contribution is 5.93. The van der Waals surface area contributed by atoms with Crippen LogP contribution in [0.1, 0.15) is 99.8 Å². The summed E-state index contributed by atoms with van der Waals surface area (Å²) < 4.78 is 5.33. The smallest absolute Gasteiger partial charge is 0.270 e. The summed E-state index contributed by atoms with van der Waals surface area (Å²) in [4.78, 5) is 22.0. The van der Waals surface area contributed by atoms with Gasteiger partial charge in [0, 0.05) is 17.5 Å². The molecule has 2 aliphatic carbocycles. The van der Waals surface area contributed by atoms with Gasteiger partial charge >= 0.3 is 0 Å². The number of carbonyl (C=O) groups excluding carboxylic acids is 1. The van der Waals surface area contributed by atoms with Crippen LogP contribution in [0.3, 0.4) is 0 Å². The van der Waals surface area contributed by atoms with Crippen molar-refractivity contribution in [3.63, 3.8) is 0 Å². The highest BCUT2D eigenvalue weighted by Crippen LogP contribution is 2.33. The van der Waals surface area contributed by atoms with Gasteiger partial charge in [0.2, 0.25) is 5.88 Å². The topological polar surface area (TPSA) is 64.1 Å². The van der Waals surface area contributed by atoms with Gasteiger partial charge in [0.1, 0.15) is 11.5 Å². The first kappa shape index (κ1) is 18.2. The minimum atomic E-state index is -0.136. The van der Waals surface area contributed by atoms with Crippen molar-refractivity contribution < 1.29 is 9.53 Å². The maximum Gasteiger partial charge on any atom is 0.270 e. The second-order valence-corrected chi connectivity index (χ2v) is 7.92. The molecule has 2 saturated carbocycles. The fourth-order valence-electron chi connectivity index (χ4n) is 4.18. The quantitative estimate of drug-likeness (QED) is 0.880. The van der Waals surface area contributed by atoms with Crippen molar-refractivity contribution >= 4 is 5.91 Å². The van der Waals surface area contributed by atoms with Crippen molar-refractivity contribution in [2.45, 2.75) is 89.0 Å². The van der Waals surface area contributed by atoms with Crippen LogP contribution in [0.5, 0.6) is 5.88 Å². The Labute approximate surface area is 151 Å². The molecule has 5 nitrogen and oxygen atoms in total. The molecule has 25 heavy (non-hydrogen) atoms. The minimum absolute atomic E-state index is 0.0944. The summed E-state index contributed by atoms with van der Waals surface area (Å²) in [5.41, 5.74) is 0.306. The van der Waals surface area contributed by atoms with E-state index in [1.54, 1.807) is 13.2 Å². The van der Waals surface area contributed by atoms with Gasteiger partial charge in [0.15, 0.2) is 0 Å². The van der Waals surface area contributed by atoms with Gasteiger partial charge in [0.25, 0.3) is 5.91 Å². The molecule has 1 heterocycles. The van der Waals surface area contributed by atoms with Crippen LogP contribution in [0.2, 0.25) is 0 Å². The first-order valence-electron chi connectivity index (χ1n) is 9.85. The lowest BCUT2D eigenvalue weighted by atomic mass is 9.85. The van der Waals surface area contributed by atoms with Crippen LogP contribution in [0.25, 0.3) is 0 Å². The van der Waals surface area contributed by atoms with E-state index in [4.69, 9.17) is 4.74 Å².